The van der Waals surface area contributed by atoms with Crippen LogP contribution in [0.2, 0.25) is 0 Å². The molecule has 1 amide bonds. The van der Waals surface area contributed by atoms with E-state index < -0.39 is 0 Å². The number of fused-ring (bicyclic) bond motifs is 2. The van der Waals surface area contributed by atoms with Crippen molar-refractivity contribution in [2.24, 2.45) is 7.05 Å². The van der Waals surface area contributed by atoms with Gasteiger partial charge in [0.15, 0.2) is 11.5 Å². The first kappa shape index (κ1) is 15.3. The first-order chi connectivity index (χ1) is 12.1. The van der Waals surface area contributed by atoms with Crippen LogP contribution in [0.15, 0.2) is 42.6 Å². The van der Waals surface area contributed by atoms with Crippen LogP contribution in [0.5, 0.6) is 11.5 Å². The number of nitrogens with one attached hydrogen (secondary N) is 1. The second-order valence-electron chi connectivity index (χ2n) is 5.98. The van der Waals surface area contributed by atoms with E-state index in [1.807, 2.05) is 37.5 Å². The molecule has 0 bridgehead atoms. The molecular weight excluding hydrogens is 316 g/mol. The van der Waals surface area contributed by atoms with E-state index in [-0.39, 0.29) is 5.91 Å². The largest absolute Gasteiger partial charge is 0.493 e. The second kappa shape index (κ2) is 5.70. The van der Waals surface area contributed by atoms with Crippen LogP contribution in [0.4, 0.5) is 5.69 Å². The number of carbonyl (C=O) groups excluding carboxylic acids is 1. The number of benzene rings is 2. The van der Waals surface area contributed by atoms with Crippen molar-refractivity contribution >= 4 is 34.1 Å². The summed E-state index contributed by atoms with van der Waals surface area (Å²) in [4.78, 5) is 12.5. The highest BCUT2D eigenvalue weighted by atomic mass is 16.5. The fraction of sp³-hybridized carbons (Fsp3) is 0.150. The van der Waals surface area contributed by atoms with Crippen LogP contribution in [0.25, 0.3) is 22.6 Å². The molecule has 2 heterocycles. The van der Waals surface area contributed by atoms with Gasteiger partial charge in [-0.2, -0.15) is 0 Å². The number of nitrogens with zero attached hydrogens (tertiary/aromatic N) is 1. The van der Waals surface area contributed by atoms with Crippen molar-refractivity contribution in [2.75, 3.05) is 19.5 Å². The lowest BCUT2D eigenvalue weighted by molar-refractivity contribution is -0.110. The molecule has 5 heteroatoms. The summed E-state index contributed by atoms with van der Waals surface area (Å²) < 4.78 is 12.7. The summed E-state index contributed by atoms with van der Waals surface area (Å²) in [6, 6.07) is 11.8. The quantitative estimate of drug-likeness (QED) is 0.743. The predicted octanol–water partition coefficient (Wildman–Crippen LogP) is 3.69. The van der Waals surface area contributed by atoms with Gasteiger partial charge < -0.3 is 19.4 Å². The van der Waals surface area contributed by atoms with Crippen LogP contribution in [-0.2, 0) is 11.8 Å². The number of hydrogen-bond donors (Lipinski definition) is 1. The van der Waals surface area contributed by atoms with E-state index in [4.69, 9.17) is 9.47 Å². The minimum atomic E-state index is -0.127. The lowest BCUT2D eigenvalue weighted by Gasteiger charge is -2.09. The molecule has 0 fully saturated rings. The van der Waals surface area contributed by atoms with Gasteiger partial charge >= 0.3 is 0 Å². The minimum absolute atomic E-state index is 0.127. The SMILES string of the molecule is COc1cc2c(cc1OC)/C(=C/c1cn(C)c3ccccc13)C(=O)N2. The van der Waals surface area contributed by atoms with Crippen molar-refractivity contribution in [3.8, 4) is 11.5 Å². The van der Waals surface area contributed by atoms with Gasteiger partial charge in [0, 0.05) is 46.9 Å². The third-order valence-electron chi connectivity index (χ3n) is 4.53. The highest BCUT2D eigenvalue weighted by Crippen LogP contribution is 2.41. The molecule has 0 unspecified atom stereocenters. The molecule has 3 aromatic rings. The number of aryl methyl sites for hydroxylation is 1. The van der Waals surface area contributed by atoms with E-state index in [1.54, 1.807) is 20.3 Å². The van der Waals surface area contributed by atoms with Gasteiger partial charge in [0.05, 0.1) is 19.9 Å². The van der Waals surface area contributed by atoms with Gasteiger partial charge in [-0.15, -0.1) is 0 Å². The number of para-hydroxylation sites is 1. The molecule has 2 aromatic carbocycles. The number of anilines is 1. The average Bonchev–Trinajstić information content (AvgIpc) is 3.11. The van der Waals surface area contributed by atoms with E-state index in [1.165, 1.54) is 0 Å². The Labute approximate surface area is 145 Å². The lowest BCUT2D eigenvalue weighted by atomic mass is 10.0. The van der Waals surface area contributed by atoms with Gasteiger partial charge in [0.1, 0.15) is 0 Å². The average molecular weight is 334 g/mol. The smallest absolute Gasteiger partial charge is 0.256 e. The van der Waals surface area contributed by atoms with Crippen molar-refractivity contribution in [2.45, 2.75) is 0 Å². The van der Waals surface area contributed by atoms with E-state index in [9.17, 15) is 4.79 Å². The highest BCUT2D eigenvalue weighted by molar-refractivity contribution is 6.35. The Morgan fingerprint density at radius 3 is 2.56 bits per heavy atom. The van der Waals surface area contributed by atoms with Crippen molar-refractivity contribution < 1.29 is 14.3 Å². The summed E-state index contributed by atoms with van der Waals surface area (Å²) in [6.07, 6.45) is 3.96. The Morgan fingerprint density at radius 2 is 1.80 bits per heavy atom. The zero-order valence-corrected chi connectivity index (χ0v) is 14.3. The molecule has 0 saturated heterocycles. The van der Waals surface area contributed by atoms with Crippen molar-refractivity contribution in [3.63, 3.8) is 0 Å². The Morgan fingerprint density at radius 1 is 1.08 bits per heavy atom. The fourth-order valence-electron chi connectivity index (χ4n) is 3.30. The van der Waals surface area contributed by atoms with E-state index >= 15 is 0 Å². The third kappa shape index (κ3) is 2.36. The molecule has 5 nitrogen and oxygen atoms in total. The van der Waals surface area contributed by atoms with Gasteiger partial charge in [-0.3, -0.25) is 4.79 Å². The van der Waals surface area contributed by atoms with E-state index in [2.05, 4.69) is 22.0 Å². The number of hydrogen-bond acceptors (Lipinski definition) is 3. The molecule has 1 aliphatic heterocycles. The van der Waals surface area contributed by atoms with Crippen molar-refractivity contribution in [1.82, 2.24) is 4.57 Å². The molecule has 1 aromatic heterocycles. The van der Waals surface area contributed by atoms with E-state index in [0.717, 1.165) is 27.7 Å². The van der Waals surface area contributed by atoms with E-state index in [0.29, 0.717) is 17.1 Å². The summed E-state index contributed by atoms with van der Waals surface area (Å²) in [6.45, 7) is 0. The molecule has 1 aliphatic rings. The van der Waals surface area contributed by atoms with Gasteiger partial charge in [-0.1, -0.05) is 18.2 Å². The lowest BCUT2D eigenvalue weighted by Crippen LogP contribution is -2.03. The highest BCUT2D eigenvalue weighted by Gasteiger charge is 2.27. The minimum Gasteiger partial charge on any atom is -0.493 e. The van der Waals surface area contributed by atoms with Gasteiger partial charge in [-0.05, 0) is 18.2 Å². The zero-order valence-electron chi connectivity index (χ0n) is 14.3. The Balaban J connectivity index is 1.89. The normalized spacial score (nSPS) is 14.7. The summed E-state index contributed by atoms with van der Waals surface area (Å²) in [5, 5.41) is 4.01. The van der Waals surface area contributed by atoms with Crippen LogP contribution in [0.1, 0.15) is 11.1 Å². The molecule has 0 saturated carbocycles. The number of aromatic nitrogens is 1. The number of amides is 1. The molecule has 0 atom stereocenters. The maximum Gasteiger partial charge on any atom is 0.256 e. The summed E-state index contributed by atoms with van der Waals surface area (Å²) in [5.41, 5.74) is 4.29. The first-order valence-corrected chi connectivity index (χ1v) is 7.96. The molecule has 4 rings (SSSR count). The van der Waals surface area contributed by atoms with Gasteiger partial charge in [0.25, 0.3) is 5.91 Å². The Kier molecular flexibility index (Phi) is 3.50. The topological polar surface area (TPSA) is 52.5 Å². The second-order valence-corrected chi connectivity index (χ2v) is 5.98. The maximum absolute atomic E-state index is 12.5. The standard InChI is InChI=1S/C20H18N2O3/c1-22-11-12(13-6-4-5-7-17(13)22)8-15-14-9-18(24-2)19(25-3)10-16(14)21-20(15)23/h4-11H,1-3H3,(H,21,23)/b15-8-. The molecular formula is C20H18N2O3. The molecule has 0 radical (unpaired) electrons. The summed E-state index contributed by atoms with van der Waals surface area (Å²) in [7, 11) is 5.16. The van der Waals surface area contributed by atoms with Crippen molar-refractivity contribution in [3.05, 3.63) is 53.7 Å². The Hall–Kier alpha value is -3.21. The summed E-state index contributed by atoms with van der Waals surface area (Å²) in [5.74, 6) is 1.06. The molecule has 126 valence electrons. The fourth-order valence-corrected chi connectivity index (χ4v) is 3.30. The third-order valence-corrected chi connectivity index (χ3v) is 4.53. The monoisotopic (exact) mass is 334 g/mol. The predicted molar refractivity (Wildman–Crippen MR) is 99.0 cm³/mol. The number of carbonyl (C=O) groups is 1. The Bertz CT molecular complexity index is 1030. The van der Waals surface area contributed by atoms with Crippen molar-refractivity contribution in [1.29, 1.82) is 0 Å². The van der Waals surface area contributed by atoms with Gasteiger partial charge in [0.2, 0.25) is 0 Å². The molecule has 25 heavy (non-hydrogen) atoms. The molecule has 1 N–H and O–H groups in total. The molecule has 0 spiro atoms. The van der Waals surface area contributed by atoms with Crippen LogP contribution < -0.4 is 14.8 Å². The summed E-state index contributed by atoms with van der Waals surface area (Å²) >= 11 is 0. The van der Waals surface area contributed by atoms with Crippen LogP contribution in [-0.4, -0.2) is 24.7 Å². The van der Waals surface area contributed by atoms with Crippen LogP contribution >= 0.6 is 0 Å². The molecule has 0 aliphatic carbocycles. The number of methoxy groups -OCH3 is 2. The van der Waals surface area contributed by atoms with Gasteiger partial charge in [-0.25, -0.2) is 0 Å². The van der Waals surface area contributed by atoms with Crippen LogP contribution in [0, 0.1) is 0 Å². The number of rotatable bonds is 3. The number of ether oxygens (including phenoxy) is 2. The van der Waals surface area contributed by atoms with Crippen LogP contribution in [0.3, 0.4) is 0 Å². The first-order valence-electron chi connectivity index (χ1n) is 7.96. The zero-order chi connectivity index (χ0) is 17.6. The maximum atomic E-state index is 12.5.